The monoisotopic (exact) mass is 618 g/mol. The fraction of sp³-hybridized carbons (Fsp3) is 0.436. The molecule has 7 rings (SSSR count). The van der Waals surface area contributed by atoms with Crippen molar-refractivity contribution in [2.45, 2.75) is 76.5 Å². The maximum Gasteiger partial charge on any atom is 0.308 e. The van der Waals surface area contributed by atoms with Crippen molar-refractivity contribution in [3.05, 3.63) is 89.0 Å². The Morgan fingerprint density at radius 3 is 2.57 bits per heavy atom. The van der Waals surface area contributed by atoms with Gasteiger partial charge in [-0.05, 0) is 68.2 Å². The van der Waals surface area contributed by atoms with Gasteiger partial charge in [-0.1, -0.05) is 68.3 Å². The summed E-state index contributed by atoms with van der Waals surface area (Å²) >= 11 is 0. The average molecular weight is 619 g/mol. The number of aromatic hydroxyl groups is 1. The number of piperidine rings is 1. The van der Waals surface area contributed by atoms with Gasteiger partial charge in [0.1, 0.15) is 11.9 Å². The minimum atomic E-state index is -0.461. The lowest BCUT2D eigenvalue weighted by Gasteiger charge is -2.60. The van der Waals surface area contributed by atoms with Crippen molar-refractivity contribution in [3.63, 3.8) is 0 Å². The van der Waals surface area contributed by atoms with Crippen LogP contribution >= 0.6 is 0 Å². The molecule has 2 aliphatic carbocycles. The SMILES string of the molecule is CC(=O)Oc1cc(O)c2c3c1O[C@H]1[C@@H](N(CC(C)C)C(=O)C#Cc4ccccc4)CC[C@H]4[C@@H](C2)N(CCc2ccccc2)CC[C@@]341. The van der Waals surface area contributed by atoms with E-state index in [0.717, 1.165) is 55.5 Å². The summed E-state index contributed by atoms with van der Waals surface area (Å²) in [7, 11) is 0. The van der Waals surface area contributed by atoms with Gasteiger partial charge in [0.25, 0.3) is 5.91 Å². The summed E-state index contributed by atoms with van der Waals surface area (Å²) in [5, 5.41) is 11.4. The van der Waals surface area contributed by atoms with Gasteiger partial charge in [0.05, 0.1) is 6.04 Å². The number of hydrogen-bond acceptors (Lipinski definition) is 6. The van der Waals surface area contributed by atoms with Crippen molar-refractivity contribution in [2.24, 2.45) is 11.8 Å². The van der Waals surface area contributed by atoms with Crippen LogP contribution in [0.15, 0.2) is 66.7 Å². The van der Waals surface area contributed by atoms with Gasteiger partial charge >= 0.3 is 5.97 Å². The van der Waals surface area contributed by atoms with Crippen molar-refractivity contribution in [1.82, 2.24) is 9.80 Å². The van der Waals surface area contributed by atoms with Gasteiger partial charge in [-0.2, -0.15) is 0 Å². The second kappa shape index (κ2) is 12.1. The van der Waals surface area contributed by atoms with Gasteiger partial charge in [0, 0.05) is 60.1 Å². The molecule has 2 fully saturated rings. The molecule has 0 aromatic heterocycles. The first-order valence-corrected chi connectivity index (χ1v) is 16.7. The molecule has 46 heavy (non-hydrogen) atoms. The van der Waals surface area contributed by atoms with E-state index in [9.17, 15) is 14.7 Å². The fourth-order valence-corrected chi connectivity index (χ4v) is 8.88. The number of hydrogen-bond donors (Lipinski definition) is 1. The van der Waals surface area contributed by atoms with Crippen LogP contribution in [-0.2, 0) is 27.8 Å². The Morgan fingerprint density at radius 1 is 1.11 bits per heavy atom. The molecule has 3 aromatic rings. The van der Waals surface area contributed by atoms with E-state index in [1.165, 1.54) is 12.5 Å². The van der Waals surface area contributed by atoms with Gasteiger partial charge in [0.2, 0.25) is 0 Å². The molecule has 2 heterocycles. The summed E-state index contributed by atoms with van der Waals surface area (Å²) in [6.45, 7) is 8.00. The van der Waals surface area contributed by atoms with Crippen molar-refractivity contribution >= 4 is 11.9 Å². The number of phenols is 1. The highest BCUT2D eigenvalue weighted by atomic mass is 16.6. The van der Waals surface area contributed by atoms with Crippen molar-refractivity contribution in [2.75, 3.05) is 19.6 Å². The molecule has 5 atom stereocenters. The summed E-state index contributed by atoms with van der Waals surface area (Å²) in [6, 6.07) is 21.8. The third-order valence-electron chi connectivity index (χ3n) is 10.6. The molecule has 7 heteroatoms. The number of carbonyl (C=O) groups excluding carboxylic acids is 2. The van der Waals surface area contributed by atoms with Gasteiger partial charge in [-0.3, -0.25) is 14.5 Å². The molecular weight excluding hydrogens is 576 g/mol. The Hall–Kier alpha value is -4.28. The van der Waals surface area contributed by atoms with Crippen molar-refractivity contribution < 1.29 is 24.2 Å². The predicted octanol–water partition coefficient (Wildman–Crippen LogP) is 5.50. The first-order chi connectivity index (χ1) is 22.3. The molecule has 1 saturated heterocycles. The van der Waals surface area contributed by atoms with E-state index in [-0.39, 0.29) is 47.4 Å². The molecule has 1 saturated carbocycles. The Kier molecular flexibility index (Phi) is 8.02. The Labute approximate surface area is 271 Å². The summed E-state index contributed by atoms with van der Waals surface area (Å²) in [4.78, 5) is 30.7. The van der Waals surface area contributed by atoms with E-state index in [4.69, 9.17) is 9.47 Å². The Morgan fingerprint density at radius 2 is 1.85 bits per heavy atom. The number of esters is 1. The fourth-order valence-electron chi connectivity index (χ4n) is 8.88. The van der Waals surface area contributed by atoms with Gasteiger partial charge in [0.15, 0.2) is 11.5 Å². The smallest absolute Gasteiger partial charge is 0.308 e. The largest absolute Gasteiger partial charge is 0.508 e. The zero-order chi connectivity index (χ0) is 32.0. The summed E-state index contributed by atoms with van der Waals surface area (Å²) in [5.41, 5.74) is 3.60. The zero-order valence-corrected chi connectivity index (χ0v) is 26.9. The van der Waals surface area contributed by atoms with Gasteiger partial charge < -0.3 is 19.5 Å². The number of likely N-dealkylation sites (tertiary alicyclic amines) is 1. The van der Waals surface area contributed by atoms with Crippen LogP contribution in [0.1, 0.15) is 62.3 Å². The maximum absolute atomic E-state index is 14.0. The third kappa shape index (κ3) is 5.23. The van der Waals surface area contributed by atoms with E-state index in [0.29, 0.717) is 18.7 Å². The Bertz CT molecular complexity index is 1690. The Balaban J connectivity index is 1.28. The summed E-state index contributed by atoms with van der Waals surface area (Å²) < 4.78 is 12.6. The summed E-state index contributed by atoms with van der Waals surface area (Å²) in [5.74, 6) is 6.85. The third-order valence-corrected chi connectivity index (χ3v) is 10.6. The van der Waals surface area contributed by atoms with Gasteiger partial charge in [-0.15, -0.1) is 0 Å². The maximum atomic E-state index is 14.0. The van der Waals surface area contributed by atoms with Crippen molar-refractivity contribution in [1.29, 1.82) is 0 Å². The highest BCUT2D eigenvalue weighted by Crippen LogP contribution is 2.65. The molecule has 7 nitrogen and oxygen atoms in total. The van der Waals surface area contributed by atoms with Crippen LogP contribution < -0.4 is 9.47 Å². The molecule has 0 unspecified atom stereocenters. The molecule has 4 aliphatic rings. The van der Waals surface area contributed by atoms with E-state index >= 15 is 0 Å². The number of amides is 1. The van der Waals surface area contributed by atoms with E-state index in [1.807, 2.05) is 35.2 Å². The van der Waals surface area contributed by atoms with Crippen LogP contribution in [0.5, 0.6) is 17.2 Å². The molecular formula is C39H42N2O5. The van der Waals surface area contributed by atoms with E-state index in [2.05, 4.69) is 60.9 Å². The topological polar surface area (TPSA) is 79.3 Å². The highest BCUT2D eigenvalue weighted by Gasteiger charge is 2.67. The normalized spacial score (nSPS) is 25.6. The van der Waals surface area contributed by atoms with Crippen molar-refractivity contribution in [3.8, 4) is 29.1 Å². The van der Waals surface area contributed by atoms with Gasteiger partial charge in [-0.25, -0.2) is 0 Å². The van der Waals surface area contributed by atoms with Crippen LogP contribution in [0, 0.1) is 23.7 Å². The van der Waals surface area contributed by atoms with E-state index < -0.39 is 11.4 Å². The lowest BCUT2D eigenvalue weighted by Crippen LogP contribution is -2.69. The van der Waals surface area contributed by atoms with Crippen LogP contribution in [0.25, 0.3) is 0 Å². The quantitative estimate of drug-likeness (QED) is 0.214. The standard InChI is InChI=1S/C39H42N2O5/c1-25(2)24-41(35(44)17-14-27-10-6-4-7-11-27)31-16-15-30-32-22-29-33(43)23-34(45-26(3)42)37-36(29)39(30,38(31)46-37)19-21-40(32)20-18-28-12-8-5-9-13-28/h4-13,23,25,30-32,38,43H,15-16,18-22,24H2,1-3H3/t30-,31-,32+,38-,39-/m0/s1. The highest BCUT2D eigenvalue weighted by molar-refractivity contribution is 5.94. The zero-order valence-electron chi connectivity index (χ0n) is 26.9. The molecule has 3 aromatic carbocycles. The molecule has 1 spiro atoms. The first kappa shape index (κ1) is 30.4. The number of phenolic OH excluding ortho intramolecular Hbond substituents is 1. The summed E-state index contributed by atoms with van der Waals surface area (Å²) in [6.07, 6.45) is 3.91. The lowest BCUT2D eigenvalue weighted by atomic mass is 9.50. The van der Waals surface area contributed by atoms with Crippen LogP contribution in [0.3, 0.4) is 0 Å². The molecule has 238 valence electrons. The number of nitrogens with zero attached hydrogens (tertiary/aromatic N) is 2. The predicted molar refractivity (Wildman–Crippen MR) is 176 cm³/mol. The van der Waals surface area contributed by atoms with Crippen LogP contribution in [0.2, 0.25) is 0 Å². The number of ether oxygens (including phenoxy) is 2. The van der Waals surface area contributed by atoms with Crippen LogP contribution in [0.4, 0.5) is 0 Å². The average Bonchev–Trinajstić information content (AvgIpc) is 3.39. The molecule has 2 bridgehead atoms. The second-order valence-corrected chi connectivity index (χ2v) is 13.8. The minimum Gasteiger partial charge on any atom is -0.508 e. The number of rotatable bonds is 7. The van der Waals surface area contributed by atoms with Crippen LogP contribution in [-0.4, -0.2) is 64.6 Å². The minimum absolute atomic E-state index is 0.151. The number of benzene rings is 3. The first-order valence-electron chi connectivity index (χ1n) is 16.7. The lowest BCUT2D eigenvalue weighted by molar-refractivity contribution is -0.137. The number of carbonyl (C=O) groups is 2. The van der Waals surface area contributed by atoms with E-state index in [1.54, 1.807) is 6.07 Å². The molecule has 0 radical (unpaired) electrons. The molecule has 1 amide bonds. The molecule has 2 aliphatic heterocycles. The second-order valence-electron chi connectivity index (χ2n) is 13.8. The molecule has 1 N–H and O–H groups in total.